The highest BCUT2D eigenvalue weighted by Gasteiger charge is 2.14. The van der Waals surface area contributed by atoms with Gasteiger partial charge in [-0.25, -0.2) is 0 Å². The maximum Gasteiger partial charge on any atom is 0.0701 e. The van der Waals surface area contributed by atoms with Crippen molar-refractivity contribution in [1.29, 1.82) is 0 Å². The van der Waals surface area contributed by atoms with Crippen LogP contribution < -0.4 is 5.32 Å². The summed E-state index contributed by atoms with van der Waals surface area (Å²) < 4.78 is 1.23. The van der Waals surface area contributed by atoms with Gasteiger partial charge in [-0.05, 0) is 58.5 Å². The Morgan fingerprint density at radius 3 is 3.07 bits per heavy atom. The largest absolute Gasteiger partial charge is 0.312 e. The lowest BCUT2D eigenvalue weighted by atomic mass is 10.1. The van der Waals surface area contributed by atoms with Crippen molar-refractivity contribution in [3.05, 3.63) is 20.8 Å². The molecule has 4 heteroatoms. The van der Waals surface area contributed by atoms with Gasteiger partial charge < -0.3 is 5.32 Å². The summed E-state index contributed by atoms with van der Waals surface area (Å²) in [5.41, 5.74) is 0. The maximum absolute atomic E-state index is 3.53. The van der Waals surface area contributed by atoms with Gasteiger partial charge in [0.1, 0.15) is 0 Å². The third-order valence-corrected chi connectivity index (χ3v) is 5.24. The molecule has 1 aromatic rings. The summed E-state index contributed by atoms with van der Waals surface area (Å²) in [5.74, 6) is 3.61. The molecule has 0 spiro atoms. The van der Waals surface area contributed by atoms with E-state index in [2.05, 4.69) is 45.1 Å². The van der Waals surface area contributed by atoms with Gasteiger partial charge in [0.25, 0.3) is 0 Å². The Hall–Kier alpha value is 0.490. The highest BCUT2D eigenvalue weighted by Crippen LogP contribution is 2.24. The van der Waals surface area contributed by atoms with Crippen molar-refractivity contribution in [2.24, 2.45) is 5.92 Å². The van der Waals surface area contributed by atoms with Crippen LogP contribution in [0.5, 0.6) is 0 Å². The van der Waals surface area contributed by atoms with E-state index in [9.17, 15) is 0 Å². The summed E-state index contributed by atoms with van der Waals surface area (Å²) in [6, 6.07) is 4.30. The Labute approximate surface area is 102 Å². The average Bonchev–Trinajstić information content (AvgIpc) is 2.77. The zero-order valence-corrected chi connectivity index (χ0v) is 11.2. The molecule has 1 aliphatic rings. The molecule has 1 nitrogen and oxygen atoms in total. The highest BCUT2D eigenvalue weighted by atomic mass is 79.9. The van der Waals surface area contributed by atoms with E-state index < -0.39 is 0 Å². The minimum absolute atomic E-state index is 0.906. The monoisotopic (exact) mass is 291 g/mol. The van der Waals surface area contributed by atoms with Gasteiger partial charge in [-0.2, -0.15) is 11.8 Å². The minimum atomic E-state index is 0.906. The van der Waals surface area contributed by atoms with Crippen LogP contribution in [0.2, 0.25) is 0 Å². The molecule has 14 heavy (non-hydrogen) atoms. The highest BCUT2D eigenvalue weighted by molar-refractivity contribution is 9.11. The molecule has 0 bridgehead atoms. The fraction of sp³-hybridized carbons (Fsp3) is 0.600. The van der Waals surface area contributed by atoms with Gasteiger partial charge in [-0.1, -0.05) is 0 Å². The van der Waals surface area contributed by atoms with Crippen LogP contribution in [0, 0.1) is 5.92 Å². The molecule has 1 aromatic heterocycles. The lowest BCUT2D eigenvalue weighted by Crippen LogP contribution is -2.21. The number of thioether (sulfide) groups is 1. The van der Waals surface area contributed by atoms with Gasteiger partial charge in [-0.3, -0.25) is 0 Å². The van der Waals surface area contributed by atoms with Crippen molar-refractivity contribution in [2.75, 3.05) is 18.1 Å². The summed E-state index contributed by atoms with van der Waals surface area (Å²) in [6.45, 7) is 2.21. The van der Waals surface area contributed by atoms with Crippen LogP contribution in [0.4, 0.5) is 0 Å². The molecular weight excluding hydrogens is 278 g/mol. The van der Waals surface area contributed by atoms with E-state index in [0.717, 1.165) is 12.5 Å². The van der Waals surface area contributed by atoms with Crippen molar-refractivity contribution in [2.45, 2.75) is 13.0 Å². The summed E-state index contributed by atoms with van der Waals surface area (Å²) in [6.07, 6.45) is 1.39. The molecule has 1 fully saturated rings. The van der Waals surface area contributed by atoms with Gasteiger partial charge in [-0.15, -0.1) is 11.3 Å². The Morgan fingerprint density at radius 2 is 2.43 bits per heavy atom. The zero-order chi connectivity index (χ0) is 9.80. The van der Waals surface area contributed by atoms with E-state index in [1.165, 1.54) is 33.1 Å². The van der Waals surface area contributed by atoms with Gasteiger partial charge in [0, 0.05) is 11.4 Å². The number of nitrogens with one attached hydrogen (secondary N) is 1. The van der Waals surface area contributed by atoms with E-state index in [0.29, 0.717) is 0 Å². The quantitative estimate of drug-likeness (QED) is 0.913. The smallest absolute Gasteiger partial charge is 0.0701 e. The van der Waals surface area contributed by atoms with Crippen LogP contribution in [0.1, 0.15) is 11.3 Å². The molecular formula is C10H14BrNS2. The number of thiophene rings is 1. The van der Waals surface area contributed by atoms with Crippen molar-refractivity contribution >= 4 is 39.0 Å². The van der Waals surface area contributed by atoms with Gasteiger partial charge >= 0.3 is 0 Å². The zero-order valence-electron chi connectivity index (χ0n) is 7.96. The van der Waals surface area contributed by atoms with Crippen molar-refractivity contribution in [3.63, 3.8) is 0 Å². The lowest BCUT2D eigenvalue weighted by Gasteiger charge is -2.08. The first-order valence-corrected chi connectivity index (χ1v) is 7.63. The summed E-state index contributed by atoms with van der Waals surface area (Å²) in [7, 11) is 0. The van der Waals surface area contributed by atoms with Crippen LogP contribution in [-0.4, -0.2) is 18.1 Å². The second-order valence-electron chi connectivity index (χ2n) is 3.57. The fourth-order valence-corrected chi connectivity index (χ4v) is 4.33. The number of halogens is 1. The Bertz CT molecular complexity index is 281. The van der Waals surface area contributed by atoms with Crippen LogP contribution >= 0.6 is 39.0 Å². The van der Waals surface area contributed by atoms with Crippen molar-refractivity contribution in [1.82, 2.24) is 5.32 Å². The van der Waals surface area contributed by atoms with Crippen LogP contribution in [-0.2, 0) is 6.54 Å². The maximum atomic E-state index is 3.53. The van der Waals surface area contributed by atoms with E-state index in [-0.39, 0.29) is 0 Å². The topological polar surface area (TPSA) is 12.0 Å². The molecule has 78 valence electrons. The molecule has 0 saturated carbocycles. The normalized spacial score (nSPS) is 21.6. The third kappa shape index (κ3) is 3.26. The molecule has 0 radical (unpaired) electrons. The molecule has 1 unspecified atom stereocenters. The summed E-state index contributed by atoms with van der Waals surface area (Å²) in [4.78, 5) is 1.42. The Kier molecular flexibility index (Phi) is 4.35. The van der Waals surface area contributed by atoms with E-state index in [1.54, 1.807) is 0 Å². The molecule has 1 atom stereocenters. The number of hydrogen-bond acceptors (Lipinski definition) is 3. The van der Waals surface area contributed by atoms with Crippen LogP contribution in [0.3, 0.4) is 0 Å². The predicted octanol–water partition coefficient (Wildman–Crippen LogP) is 3.35. The molecule has 1 N–H and O–H groups in total. The Balaban J connectivity index is 1.67. The SMILES string of the molecule is Brc1ccc(CNCC2CCSC2)s1. The molecule has 1 aliphatic heterocycles. The average molecular weight is 292 g/mol. The van der Waals surface area contributed by atoms with Crippen LogP contribution in [0.15, 0.2) is 15.9 Å². The molecule has 0 aliphatic carbocycles. The van der Waals surface area contributed by atoms with Gasteiger partial charge in [0.2, 0.25) is 0 Å². The fourth-order valence-electron chi connectivity index (χ4n) is 1.59. The first kappa shape index (κ1) is 11.0. The predicted molar refractivity (Wildman–Crippen MR) is 69.2 cm³/mol. The number of hydrogen-bond donors (Lipinski definition) is 1. The third-order valence-electron chi connectivity index (χ3n) is 2.39. The second-order valence-corrected chi connectivity index (χ2v) is 7.26. The Morgan fingerprint density at radius 1 is 1.50 bits per heavy atom. The van der Waals surface area contributed by atoms with E-state index in [4.69, 9.17) is 0 Å². The summed E-state index contributed by atoms with van der Waals surface area (Å²) in [5, 5.41) is 3.53. The van der Waals surface area contributed by atoms with Crippen molar-refractivity contribution < 1.29 is 0 Å². The molecule has 0 aromatic carbocycles. The summed E-state index contributed by atoms with van der Waals surface area (Å²) >= 11 is 7.38. The first-order valence-electron chi connectivity index (χ1n) is 4.87. The van der Waals surface area contributed by atoms with Gasteiger partial charge in [0.15, 0.2) is 0 Å². The molecule has 2 rings (SSSR count). The number of rotatable bonds is 4. The lowest BCUT2D eigenvalue weighted by molar-refractivity contribution is 0.525. The standard InChI is InChI=1S/C10H14BrNS2/c11-10-2-1-9(14-10)6-12-5-8-3-4-13-7-8/h1-2,8,12H,3-7H2. The minimum Gasteiger partial charge on any atom is -0.312 e. The molecule has 2 heterocycles. The molecule has 0 amide bonds. The van der Waals surface area contributed by atoms with E-state index >= 15 is 0 Å². The van der Waals surface area contributed by atoms with Crippen LogP contribution in [0.25, 0.3) is 0 Å². The molecule has 1 saturated heterocycles. The van der Waals surface area contributed by atoms with Gasteiger partial charge in [0.05, 0.1) is 3.79 Å². The first-order chi connectivity index (χ1) is 6.84. The second kappa shape index (κ2) is 5.54. The van der Waals surface area contributed by atoms with Crippen molar-refractivity contribution in [3.8, 4) is 0 Å². The van der Waals surface area contributed by atoms with E-state index in [1.807, 2.05) is 11.3 Å².